The number of hydrogen-bond donors (Lipinski definition) is 3. The van der Waals surface area contributed by atoms with Crippen LogP contribution >= 0.6 is 0 Å². The number of ether oxygens (including phenoxy) is 2. The van der Waals surface area contributed by atoms with Crippen LogP contribution in [-0.4, -0.2) is 45.3 Å². The molecule has 0 spiro atoms. The molecule has 0 bridgehead atoms. The number of anilines is 2. The molecule has 0 aliphatic heterocycles. The first-order valence-corrected chi connectivity index (χ1v) is 11.7. The Labute approximate surface area is 207 Å². The summed E-state index contributed by atoms with van der Waals surface area (Å²) in [5, 5.41) is 23.4. The molecule has 1 saturated carbocycles. The second-order valence-electron chi connectivity index (χ2n) is 8.58. The lowest BCUT2D eigenvalue weighted by Gasteiger charge is -2.28. The third kappa shape index (κ3) is 5.11. The van der Waals surface area contributed by atoms with Crippen LogP contribution in [0.4, 0.5) is 11.6 Å². The van der Waals surface area contributed by atoms with Gasteiger partial charge in [-0.15, -0.1) is 0 Å². The van der Waals surface area contributed by atoms with Gasteiger partial charge in [-0.3, -0.25) is 9.89 Å². The normalized spacial score (nSPS) is 17.3. The summed E-state index contributed by atoms with van der Waals surface area (Å²) in [6, 6.07) is 14.0. The highest BCUT2D eigenvalue weighted by molar-refractivity contribution is 6.03. The molecule has 5 rings (SSSR count). The molecule has 0 atom stereocenters. The molecule has 0 unspecified atom stereocenters. The standard InChI is InChI=1S/C26H25N7O3/c1-35-19-8-4-18(5-9-19)30-25-23-21(11-13-29-24(23)32-33-25)36-20-6-2-17(3-7-20)26(34)31-22-14-16(15-27)10-12-28-22/h2-3,6-7,10-14,18-19H,4-5,8-9H2,1H3,(H,28,31,34)(H2,29,30,32,33)/t18-,19-. The highest BCUT2D eigenvalue weighted by atomic mass is 16.5. The monoisotopic (exact) mass is 483 g/mol. The molecule has 3 heterocycles. The number of aromatic amines is 1. The van der Waals surface area contributed by atoms with Crippen molar-refractivity contribution in [1.29, 1.82) is 5.26 Å². The largest absolute Gasteiger partial charge is 0.456 e. The number of H-pyrrole nitrogens is 1. The van der Waals surface area contributed by atoms with Gasteiger partial charge < -0.3 is 20.1 Å². The third-order valence-electron chi connectivity index (χ3n) is 6.25. The number of nitrogens with zero attached hydrogens (tertiary/aromatic N) is 4. The number of pyridine rings is 2. The van der Waals surface area contributed by atoms with E-state index in [1.807, 2.05) is 6.07 Å². The molecule has 182 valence electrons. The summed E-state index contributed by atoms with van der Waals surface area (Å²) < 4.78 is 11.6. The summed E-state index contributed by atoms with van der Waals surface area (Å²) in [6.07, 6.45) is 7.49. The van der Waals surface area contributed by atoms with Crippen molar-refractivity contribution in [2.45, 2.75) is 37.8 Å². The molecule has 0 radical (unpaired) electrons. The second-order valence-corrected chi connectivity index (χ2v) is 8.58. The van der Waals surface area contributed by atoms with Gasteiger partial charge in [0.25, 0.3) is 5.91 Å². The van der Waals surface area contributed by atoms with Crippen LogP contribution in [0.3, 0.4) is 0 Å². The Hall–Kier alpha value is -4.49. The maximum atomic E-state index is 12.6. The summed E-state index contributed by atoms with van der Waals surface area (Å²) in [6.45, 7) is 0. The van der Waals surface area contributed by atoms with Gasteiger partial charge in [0.05, 0.1) is 17.7 Å². The Morgan fingerprint density at radius 2 is 1.86 bits per heavy atom. The van der Waals surface area contributed by atoms with Crippen LogP contribution in [0.2, 0.25) is 0 Å². The van der Waals surface area contributed by atoms with Crippen LogP contribution in [0.1, 0.15) is 41.6 Å². The van der Waals surface area contributed by atoms with Crippen molar-refractivity contribution < 1.29 is 14.3 Å². The van der Waals surface area contributed by atoms with Crippen LogP contribution in [0, 0.1) is 11.3 Å². The number of methoxy groups -OCH3 is 1. The van der Waals surface area contributed by atoms with E-state index in [2.05, 4.69) is 30.8 Å². The van der Waals surface area contributed by atoms with Gasteiger partial charge in [-0.25, -0.2) is 9.97 Å². The summed E-state index contributed by atoms with van der Waals surface area (Å²) in [5.74, 6) is 1.86. The average molecular weight is 484 g/mol. The van der Waals surface area contributed by atoms with Crippen molar-refractivity contribution in [3.8, 4) is 17.6 Å². The zero-order chi connectivity index (χ0) is 24.9. The smallest absolute Gasteiger partial charge is 0.256 e. The first-order valence-electron chi connectivity index (χ1n) is 11.7. The molecule has 0 saturated heterocycles. The van der Waals surface area contributed by atoms with E-state index < -0.39 is 0 Å². The number of aromatic nitrogens is 4. The first-order chi connectivity index (χ1) is 17.6. The summed E-state index contributed by atoms with van der Waals surface area (Å²) in [4.78, 5) is 21.0. The van der Waals surface area contributed by atoms with Crippen molar-refractivity contribution in [1.82, 2.24) is 20.2 Å². The van der Waals surface area contributed by atoms with Crippen LogP contribution in [0.25, 0.3) is 11.0 Å². The Kier molecular flexibility index (Phi) is 6.73. The van der Waals surface area contributed by atoms with Gasteiger partial charge in [0, 0.05) is 37.2 Å². The minimum absolute atomic E-state index is 0.303. The van der Waals surface area contributed by atoms with Gasteiger partial charge in [-0.1, -0.05) is 0 Å². The predicted molar refractivity (Wildman–Crippen MR) is 134 cm³/mol. The fourth-order valence-corrected chi connectivity index (χ4v) is 4.31. The van der Waals surface area contributed by atoms with E-state index in [0.717, 1.165) is 31.1 Å². The number of amides is 1. The molecular formula is C26H25N7O3. The quantitative estimate of drug-likeness (QED) is 0.346. The van der Waals surface area contributed by atoms with Gasteiger partial charge >= 0.3 is 0 Å². The van der Waals surface area contributed by atoms with Crippen molar-refractivity contribution in [2.24, 2.45) is 0 Å². The molecule has 10 heteroatoms. The average Bonchev–Trinajstić information content (AvgIpc) is 3.33. The van der Waals surface area contributed by atoms with Crippen molar-refractivity contribution in [3.05, 3.63) is 66.0 Å². The molecular weight excluding hydrogens is 458 g/mol. The highest BCUT2D eigenvalue weighted by Crippen LogP contribution is 2.34. The van der Waals surface area contributed by atoms with Gasteiger partial charge in [-0.05, 0) is 62.1 Å². The number of benzene rings is 1. The Morgan fingerprint density at radius 1 is 1.08 bits per heavy atom. The fraction of sp³-hybridized carbons (Fsp3) is 0.269. The number of nitrogens with one attached hydrogen (secondary N) is 3. The SMILES string of the molecule is CO[C@H]1CC[C@H](Nc2n[nH]c3nccc(Oc4ccc(C(=O)Nc5cc(C#N)ccn5)cc4)c23)CC1. The van der Waals surface area contributed by atoms with Crippen LogP contribution in [-0.2, 0) is 4.74 Å². The minimum Gasteiger partial charge on any atom is -0.456 e. The van der Waals surface area contributed by atoms with E-state index in [4.69, 9.17) is 14.7 Å². The lowest BCUT2D eigenvalue weighted by atomic mass is 9.93. The van der Waals surface area contributed by atoms with Gasteiger partial charge in [0.1, 0.15) is 22.7 Å². The zero-order valence-corrected chi connectivity index (χ0v) is 19.7. The van der Waals surface area contributed by atoms with Gasteiger partial charge in [0.2, 0.25) is 0 Å². The number of carbonyl (C=O) groups is 1. The molecule has 1 aromatic carbocycles. The molecule has 3 aromatic heterocycles. The molecule has 1 aliphatic carbocycles. The van der Waals surface area contributed by atoms with Crippen molar-refractivity contribution >= 4 is 28.6 Å². The van der Waals surface area contributed by atoms with Gasteiger partial charge in [-0.2, -0.15) is 10.4 Å². The first kappa shape index (κ1) is 23.3. The molecule has 1 fully saturated rings. The van der Waals surface area contributed by atoms with Crippen LogP contribution in [0.5, 0.6) is 11.5 Å². The maximum Gasteiger partial charge on any atom is 0.256 e. The summed E-state index contributed by atoms with van der Waals surface area (Å²) >= 11 is 0. The number of fused-ring (bicyclic) bond motifs is 1. The van der Waals surface area contributed by atoms with Crippen molar-refractivity contribution in [2.75, 3.05) is 17.7 Å². The maximum absolute atomic E-state index is 12.6. The van der Waals surface area contributed by atoms with E-state index >= 15 is 0 Å². The summed E-state index contributed by atoms with van der Waals surface area (Å²) in [7, 11) is 1.76. The van der Waals surface area contributed by atoms with Crippen molar-refractivity contribution in [3.63, 3.8) is 0 Å². The van der Waals surface area contributed by atoms with E-state index in [1.54, 1.807) is 49.7 Å². The Balaban J connectivity index is 1.29. The van der Waals surface area contributed by atoms with E-state index in [9.17, 15) is 4.79 Å². The van der Waals surface area contributed by atoms with Crippen LogP contribution in [0.15, 0.2) is 54.9 Å². The van der Waals surface area contributed by atoms with E-state index in [1.165, 1.54) is 12.3 Å². The Bertz CT molecular complexity index is 1400. The molecule has 36 heavy (non-hydrogen) atoms. The number of rotatable bonds is 7. The third-order valence-corrected chi connectivity index (χ3v) is 6.25. The topological polar surface area (TPSA) is 138 Å². The number of nitriles is 1. The Morgan fingerprint density at radius 3 is 2.61 bits per heavy atom. The highest BCUT2D eigenvalue weighted by Gasteiger charge is 2.23. The van der Waals surface area contributed by atoms with E-state index in [-0.39, 0.29) is 5.91 Å². The lowest BCUT2D eigenvalue weighted by molar-refractivity contribution is 0.0681. The molecule has 4 aromatic rings. The van der Waals surface area contributed by atoms with Crippen LogP contribution < -0.4 is 15.4 Å². The second kappa shape index (κ2) is 10.4. The predicted octanol–water partition coefficient (Wildman–Crippen LogP) is 4.64. The lowest BCUT2D eigenvalue weighted by Crippen LogP contribution is -2.29. The molecule has 10 nitrogen and oxygen atoms in total. The minimum atomic E-state index is -0.333. The van der Waals surface area contributed by atoms with Gasteiger partial charge in [0.15, 0.2) is 11.5 Å². The number of hydrogen-bond acceptors (Lipinski definition) is 8. The molecule has 1 aliphatic rings. The number of carbonyl (C=O) groups excluding carboxylic acids is 1. The summed E-state index contributed by atoms with van der Waals surface area (Å²) in [5.41, 5.74) is 1.48. The van der Waals surface area contributed by atoms with E-state index in [0.29, 0.717) is 52.1 Å². The zero-order valence-electron chi connectivity index (χ0n) is 19.7. The fourth-order valence-electron chi connectivity index (χ4n) is 4.31. The molecule has 3 N–H and O–H groups in total. The molecule has 1 amide bonds.